The molecule has 14 heavy (non-hydrogen) atoms. The van der Waals surface area contributed by atoms with Gasteiger partial charge < -0.3 is 9.84 Å². The van der Waals surface area contributed by atoms with Gasteiger partial charge in [0.05, 0.1) is 0 Å². The van der Waals surface area contributed by atoms with Gasteiger partial charge in [0.2, 0.25) is 0 Å². The van der Waals surface area contributed by atoms with Gasteiger partial charge in [0.15, 0.2) is 6.61 Å². The van der Waals surface area contributed by atoms with E-state index >= 15 is 0 Å². The number of aryl methyl sites for hydroxylation is 2. The fourth-order valence-corrected chi connectivity index (χ4v) is 0.932. The van der Waals surface area contributed by atoms with E-state index in [0.717, 1.165) is 17.0 Å². The van der Waals surface area contributed by atoms with Crippen molar-refractivity contribution in [2.24, 2.45) is 0 Å². The van der Waals surface area contributed by atoms with E-state index in [1.165, 1.54) is 0 Å². The first kappa shape index (κ1) is 10.4. The van der Waals surface area contributed by atoms with E-state index in [-0.39, 0.29) is 6.01 Å². The van der Waals surface area contributed by atoms with Gasteiger partial charge in [-0.2, -0.15) is 0 Å². The summed E-state index contributed by atoms with van der Waals surface area (Å²) in [6.45, 7) is 5.16. The number of hydrogen-bond donors (Lipinski definition) is 1. The van der Waals surface area contributed by atoms with Crippen LogP contribution in [0.15, 0.2) is 0 Å². The Morgan fingerprint density at radius 2 is 1.79 bits per heavy atom. The van der Waals surface area contributed by atoms with Crippen molar-refractivity contribution in [3.8, 4) is 6.01 Å². The lowest BCUT2D eigenvalue weighted by atomic mass is 10.2. The summed E-state index contributed by atoms with van der Waals surface area (Å²) >= 11 is 0. The maximum Gasteiger partial charge on any atom is 0.341 e. The van der Waals surface area contributed by atoms with Gasteiger partial charge in [-0.15, -0.1) is 0 Å². The number of nitrogens with zero attached hydrogens (tertiary/aromatic N) is 2. The van der Waals surface area contributed by atoms with E-state index < -0.39 is 12.6 Å². The van der Waals surface area contributed by atoms with Crippen LogP contribution in [-0.4, -0.2) is 27.7 Å². The molecule has 1 aromatic heterocycles. The summed E-state index contributed by atoms with van der Waals surface area (Å²) in [6, 6.07) is 0.119. The first-order chi connectivity index (χ1) is 6.50. The van der Waals surface area contributed by atoms with Gasteiger partial charge in [-0.05, 0) is 26.3 Å². The summed E-state index contributed by atoms with van der Waals surface area (Å²) in [5.74, 6) is -1.04. The molecule has 1 aromatic rings. The molecule has 76 valence electrons. The molecule has 5 heteroatoms. The van der Waals surface area contributed by atoms with Crippen molar-refractivity contribution in [3.63, 3.8) is 0 Å². The molecule has 0 spiro atoms. The third kappa shape index (κ3) is 2.42. The Hall–Kier alpha value is -1.65. The number of hydrogen-bond acceptors (Lipinski definition) is 4. The predicted molar refractivity (Wildman–Crippen MR) is 49.4 cm³/mol. The maximum atomic E-state index is 10.2. The highest BCUT2D eigenvalue weighted by molar-refractivity contribution is 5.68. The van der Waals surface area contributed by atoms with Crippen LogP contribution < -0.4 is 4.74 Å². The lowest BCUT2D eigenvalue weighted by Crippen LogP contribution is -2.12. The number of aliphatic carboxylic acids is 1. The van der Waals surface area contributed by atoms with E-state index in [9.17, 15) is 4.79 Å². The van der Waals surface area contributed by atoms with Crippen LogP contribution in [0.1, 0.15) is 17.0 Å². The average molecular weight is 196 g/mol. The first-order valence-corrected chi connectivity index (χ1v) is 4.17. The lowest BCUT2D eigenvalue weighted by Gasteiger charge is -2.06. The van der Waals surface area contributed by atoms with Gasteiger partial charge in [-0.3, -0.25) is 0 Å². The largest absolute Gasteiger partial charge is 0.479 e. The Kier molecular flexibility index (Phi) is 3.01. The molecule has 0 bridgehead atoms. The van der Waals surface area contributed by atoms with Crippen LogP contribution in [0.2, 0.25) is 0 Å². The minimum absolute atomic E-state index is 0.119. The second kappa shape index (κ2) is 4.04. The minimum Gasteiger partial charge on any atom is -0.479 e. The van der Waals surface area contributed by atoms with Crippen molar-refractivity contribution in [3.05, 3.63) is 17.0 Å². The molecule has 5 nitrogen and oxygen atoms in total. The Morgan fingerprint density at radius 1 is 1.29 bits per heavy atom. The normalized spacial score (nSPS) is 9.93. The van der Waals surface area contributed by atoms with Crippen LogP contribution in [0.5, 0.6) is 6.01 Å². The second-order valence-electron chi connectivity index (χ2n) is 2.98. The van der Waals surface area contributed by atoms with Gasteiger partial charge >= 0.3 is 12.0 Å². The number of carboxylic acid groups (broad SMARTS) is 1. The molecular formula is C9H12N2O3. The fraction of sp³-hybridized carbons (Fsp3) is 0.444. The smallest absolute Gasteiger partial charge is 0.341 e. The van der Waals surface area contributed by atoms with E-state index in [2.05, 4.69) is 9.97 Å². The molecule has 1 heterocycles. The number of carboxylic acids is 1. The van der Waals surface area contributed by atoms with Crippen LogP contribution in [-0.2, 0) is 4.79 Å². The summed E-state index contributed by atoms with van der Waals surface area (Å²) in [5, 5.41) is 8.39. The van der Waals surface area contributed by atoms with Crippen molar-refractivity contribution in [1.29, 1.82) is 0 Å². The average Bonchev–Trinajstić information content (AvgIpc) is 2.10. The Labute approximate surface area is 81.8 Å². The third-order valence-electron chi connectivity index (χ3n) is 1.94. The van der Waals surface area contributed by atoms with Crippen LogP contribution in [0.3, 0.4) is 0 Å². The van der Waals surface area contributed by atoms with Crippen LogP contribution in [0.4, 0.5) is 0 Å². The highest BCUT2D eigenvalue weighted by Crippen LogP contribution is 2.11. The van der Waals surface area contributed by atoms with Crippen molar-refractivity contribution in [1.82, 2.24) is 9.97 Å². The zero-order valence-electron chi connectivity index (χ0n) is 8.37. The van der Waals surface area contributed by atoms with E-state index in [1.54, 1.807) is 0 Å². The minimum atomic E-state index is -1.04. The molecule has 0 aliphatic carbocycles. The number of rotatable bonds is 3. The summed E-state index contributed by atoms with van der Waals surface area (Å²) in [5.41, 5.74) is 2.60. The molecule has 0 radical (unpaired) electrons. The molecular weight excluding hydrogens is 184 g/mol. The molecule has 0 fully saturated rings. The topological polar surface area (TPSA) is 72.3 Å². The van der Waals surface area contributed by atoms with Crippen LogP contribution in [0, 0.1) is 20.8 Å². The molecule has 0 atom stereocenters. The van der Waals surface area contributed by atoms with Crippen LogP contribution in [0.25, 0.3) is 0 Å². The molecule has 0 aromatic carbocycles. The zero-order valence-corrected chi connectivity index (χ0v) is 8.37. The second-order valence-corrected chi connectivity index (χ2v) is 2.98. The molecule has 1 N–H and O–H groups in total. The number of ether oxygens (including phenoxy) is 1. The standard InChI is InChI=1S/C9H12N2O3/c1-5-6(2)10-9(11-7(5)3)14-4-8(12)13/h4H2,1-3H3,(H,12,13). The molecule has 0 amide bonds. The summed E-state index contributed by atoms with van der Waals surface area (Å²) < 4.78 is 4.86. The number of aromatic nitrogens is 2. The number of carbonyl (C=O) groups is 1. The SMILES string of the molecule is Cc1nc(OCC(=O)O)nc(C)c1C. The van der Waals surface area contributed by atoms with Gasteiger partial charge in [0.1, 0.15) is 0 Å². The van der Waals surface area contributed by atoms with Crippen molar-refractivity contribution >= 4 is 5.97 Å². The lowest BCUT2D eigenvalue weighted by molar-refractivity contribution is -0.139. The van der Waals surface area contributed by atoms with E-state index in [4.69, 9.17) is 9.84 Å². The van der Waals surface area contributed by atoms with Gasteiger partial charge in [-0.25, -0.2) is 14.8 Å². The zero-order chi connectivity index (χ0) is 10.7. The molecule has 1 rings (SSSR count). The van der Waals surface area contributed by atoms with E-state index in [0.29, 0.717) is 0 Å². The molecule has 0 saturated heterocycles. The highest BCUT2D eigenvalue weighted by atomic mass is 16.5. The van der Waals surface area contributed by atoms with Crippen molar-refractivity contribution < 1.29 is 14.6 Å². The molecule has 0 unspecified atom stereocenters. The first-order valence-electron chi connectivity index (χ1n) is 4.17. The van der Waals surface area contributed by atoms with Gasteiger partial charge in [0.25, 0.3) is 0 Å². The Bertz CT molecular complexity index is 340. The fourth-order valence-electron chi connectivity index (χ4n) is 0.932. The van der Waals surface area contributed by atoms with Gasteiger partial charge in [-0.1, -0.05) is 0 Å². The summed E-state index contributed by atoms with van der Waals surface area (Å²) in [4.78, 5) is 18.2. The van der Waals surface area contributed by atoms with Gasteiger partial charge in [0, 0.05) is 11.4 Å². The Morgan fingerprint density at radius 3 is 2.21 bits per heavy atom. The van der Waals surface area contributed by atoms with Crippen molar-refractivity contribution in [2.45, 2.75) is 20.8 Å². The van der Waals surface area contributed by atoms with E-state index in [1.807, 2.05) is 20.8 Å². The molecule has 0 aliphatic rings. The molecule has 0 saturated carbocycles. The maximum absolute atomic E-state index is 10.2. The van der Waals surface area contributed by atoms with Crippen LogP contribution >= 0.6 is 0 Å². The summed E-state index contributed by atoms with van der Waals surface area (Å²) in [7, 11) is 0. The highest BCUT2D eigenvalue weighted by Gasteiger charge is 2.06. The quantitative estimate of drug-likeness (QED) is 0.776. The van der Waals surface area contributed by atoms with Crippen molar-refractivity contribution in [2.75, 3.05) is 6.61 Å². The molecule has 0 aliphatic heterocycles. The summed E-state index contributed by atoms with van der Waals surface area (Å²) in [6.07, 6.45) is 0. The third-order valence-corrected chi connectivity index (χ3v) is 1.94. The Balaban J connectivity index is 2.84. The predicted octanol–water partition coefficient (Wildman–Crippen LogP) is 0.865. The monoisotopic (exact) mass is 196 g/mol.